The first kappa shape index (κ1) is 20.7. The molecule has 2 heterocycles. The van der Waals surface area contributed by atoms with E-state index in [4.69, 9.17) is 4.74 Å². The zero-order valence-corrected chi connectivity index (χ0v) is 18.4. The van der Waals surface area contributed by atoms with Gasteiger partial charge in [0.15, 0.2) is 11.6 Å². The molecule has 0 saturated heterocycles. The van der Waals surface area contributed by atoms with E-state index in [1.165, 1.54) is 18.0 Å². The molecule has 2 aromatic carbocycles. The molecule has 30 heavy (non-hydrogen) atoms. The fraction of sp³-hybridized carbons (Fsp3) is 0.136. The van der Waals surface area contributed by atoms with Gasteiger partial charge in [-0.25, -0.2) is 9.37 Å². The summed E-state index contributed by atoms with van der Waals surface area (Å²) in [5, 5.41) is 0.926. The molecule has 4 nitrogen and oxygen atoms in total. The number of rotatable bonds is 7. The van der Waals surface area contributed by atoms with Gasteiger partial charge in [0.1, 0.15) is 18.1 Å². The second-order valence-corrected chi connectivity index (χ2v) is 8.40. The Labute approximate surface area is 185 Å². The minimum absolute atomic E-state index is 0.128. The van der Waals surface area contributed by atoms with Crippen molar-refractivity contribution >= 4 is 44.6 Å². The minimum Gasteiger partial charge on any atom is -0.454 e. The van der Waals surface area contributed by atoms with Crippen LogP contribution in [-0.2, 0) is 0 Å². The van der Waals surface area contributed by atoms with Gasteiger partial charge in [0.25, 0.3) is 0 Å². The van der Waals surface area contributed by atoms with Gasteiger partial charge in [0, 0.05) is 38.8 Å². The van der Waals surface area contributed by atoms with Crippen LogP contribution in [0.1, 0.15) is 5.69 Å². The highest BCUT2D eigenvalue weighted by atomic mass is 79.9. The van der Waals surface area contributed by atoms with Crippen molar-refractivity contribution in [2.75, 3.05) is 17.1 Å². The standard InChI is InChI=1S/C22H18BrF2N3OS/c1-13-10-17(16-6-8-26-22(16)27-13)18-12-15(28-30-9-7-24)3-5-20(18)29-21-4-2-14(23)11-19(21)25/h2-6,8,10-12,28H,7,9H2,1H3,(H,26,27). The highest BCUT2D eigenvalue weighted by Gasteiger charge is 2.16. The summed E-state index contributed by atoms with van der Waals surface area (Å²) in [5.74, 6) is 0.510. The third-order valence-electron chi connectivity index (χ3n) is 4.41. The molecule has 0 fully saturated rings. The van der Waals surface area contributed by atoms with Crippen LogP contribution in [0.4, 0.5) is 14.5 Å². The summed E-state index contributed by atoms with van der Waals surface area (Å²) in [6, 6.07) is 14.1. The summed E-state index contributed by atoms with van der Waals surface area (Å²) >= 11 is 4.54. The van der Waals surface area contributed by atoms with Gasteiger partial charge < -0.3 is 14.4 Å². The number of aromatic amines is 1. The molecule has 0 spiro atoms. The number of nitrogens with one attached hydrogen (secondary N) is 2. The number of alkyl halides is 1. The van der Waals surface area contributed by atoms with Gasteiger partial charge in [-0.3, -0.25) is 4.39 Å². The summed E-state index contributed by atoms with van der Waals surface area (Å²) in [5.41, 5.74) is 4.08. The molecule has 0 unspecified atom stereocenters. The largest absolute Gasteiger partial charge is 0.454 e. The van der Waals surface area contributed by atoms with E-state index in [9.17, 15) is 8.78 Å². The minimum atomic E-state index is -0.464. The maximum atomic E-state index is 14.4. The Hall–Kier alpha value is -2.58. The Morgan fingerprint density at radius 2 is 1.93 bits per heavy atom. The number of nitrogens with zero attached hydrogens (tertiary/aromatic N) is 1. The van der Waals surface area contributed by atoms with E-state index in [2.05, 4.69) is 30.6 Å². The predicted octanol–water partition coefficient (Wildman–Crippen LogP) is 7.26. The second kappa shape index (κ2) is 9.06. The van der Waals surface area contributed by atoms with E-state index < -0.39 is 12.5 Å². The summed E-state index contributed by atoms with van der Waals surface area (Å²) in [6.45, 7) is 1.50. The molecule has 2 aromatic heterocycles. The molecule has 0 amide bonds. The number of aromatic nitrogens is 2. The Morgan fingerprint density at radius 3 is 2.73 bits per heavy atom. The molecule has 0 radical (unpaired) electrons. The lowest BCUT2D eigenvalue weighted by atomic mass is 10.0. The third kappa shape index (κ3) is 4.44. The average Bonchev–Trinajstić information content (AvgIpc) is 3.19. The molecule has 4 aromatic rings. The predicted molar refractivity (Wildman–Crippen MR) is 122 cm³/mol. The first-order valence-corrected chi connectivity index (χ1v) is 11.0. The Morgan fingerprint density at radius 1 is 1.10 bits per heavy atom. The Balaban J connectivity index is 1.82. The zero-order valence-electron chi connectivity index (χ0n) is 16.0. The number of benzene rings is 2. The van der Waals surface area contributed by atoms with Crippen molar-refractivity contribution < 1.29 is 13.5 Å². The number of anilines is 1. The number of H-pyrrole nitrogens is 1. The monoisotopic (exact) mass is 489 g/mol. The van der Waals surface area contributed by atoms with Crippen molar-refractivity contribution in [2.45, 2.75) is 6.92 Å². The lowest BCUT2D eigenvalue weighted by molar-refractivity contribution is 0.443. The van der Waals surface area contributed by atoms with Crippen LogP contribution in [0, 0.1) is 12.7 Å². The van der Waals surface area contributed by atoms with Crippen molar-refractivity contribution in [3.05, 3.63) is 70.7 Å². The van der Waals surface area contributed by atoms with Crippen LogP contribution >= 0.6 is 27.9 Å². The van der Waals surface area contributed by atoms with Crippen LogP contribution in [0.15, 0.2) is 59.2 Å². The van der Waals surface area contributed by atoms with Gasteiger partial charge in [-0.2, -0.15) is 0 Å². The molecule has 0 aliphatic heterocycles. The summed E-state index contributed by atoms with van der Waals surface area (Å²) < 4.78 is 36.6. The zero-order chi connectivity index (χ0) is 21.1. The number of ether oxygens (including phenoxy) is 1. The third-order valence-corrected chi connectivity index (χ3v) is 5.64. The summed E-state index contributed by atoms with van der Waals surface area (Å²) in [4.78, 5) is 7.65. The fourth-order valence-corrected chi connectivity index (χ4v) is 3.94. The SMILES string of the molecule is Cc1cc(-c2cc(NSCCF)ccc2Oc2ccc(Br)cc2F)c2cc[nH]c2n1. The van der Waals surface area contributed by atoms with Crippen molar-refractivity contribution in [1.82, 2.24) is 9.97 Å². The highest BCUT2D eigenvalue weighted by molar-refractivity contribution is 9.10. The van der Waals surface area contributed by atoms with Crippen molar-refractivity contribution in [2.24, 2.45) is 0 Å². The van der Waals surface area contributed by atoms with Gasteiger partial charge in [-0.1, -0.05) is 15.9 Å². The van der Waals surface area contributed by atoms with Gasteiger partial charge >= 0.3 is 0 Å². The van der Waals surface area contributed by atoms with Crippen LogP contribution in [0.5, 0.6) is 11.5 Å². The lowest BCUT2D eigenvalue weighted by Gasteiger charge is -2.15. The molecule has 0 aliphatic carbocycles. The van der Waals surface area contributed by atoms with Crippen molar-refractivity contribution in [3.63, 3.8) is 0 Å². The number of pyridine rings is 1. The average molecular weight is 490 g/mol. The van der Waals surface area contributed by atoms with Crippen LogP contribution in [0.2, 0.25) is 0 Å². The quantitative estimate of drug-likeness (QED) is 0.212. The number of hydrogen-bond acceptors (Lipinski definition) is 4. The topological polar surface area (TPSA) is 49.9 Å². The van der Waals surface area contributed by atoms with E-state index in [1.807, 2.05) is 37.4 Å². The maximum Gasteiger partial charge on any atom is 0.166 e. The fourth-order valence-electron chi connectivity index (χ4n) is 3.13. The van der Waals surface area contributed by atoms with E-state index in [1.54, 1.807) is 18.2 Å². The van der Waals surface area contributed by atoms with Crippen molar-refractivity contribution in [1.29, 1.82) is 0 Å². The molecule has 2 N–H and O–H groups in total. The first-order valence-electron chi connectivity index (χ1n) is 9.21. The second-order valence-electron chi connectivity index (χ2n) is 6.58. The van der Waals surface area contributed by atoms with Gasteiger partial charge in [0.05, 0.1) is 0 Å². The van der Waals surface area contributed by atoms with Crippen LogP contribution < -0.4 is 9.46 Å². The number of halogens is 3. The number of aryl methyl sites for hydroxylation is 1. The molecule has 154 valence electrons. The van der Waals surface area contributed by atoms with Gasteiger partial charge in [0.2, 0.25) is 0 Å². The molecule has 0 aliphatic rings. The molecule has 8 heteroatoms. The first-order chi connectivity index (χ1) is 14.5. The Kier molecular flexibility index (Phi) is 6.24. The summed E-state index contributed by atoms with van der Waals surface area (Å²) in [7, 11) is 0. The van der Waals surface area contributed by atoms with E-state index in [0.717, 1.165) is 33.5 Å². The molecular formula is C22H18BrF2N3OS. The Bertz CT molecular complexity index is 1200. The van der Waals surface area contributed by atoms with E-state index in [-0.39, 0.29) is 5.75 Å². The number of fused-ring (bicyclic) bond motifs is 1. The molecule has 4 rings (SSSR count). The van der Waals surface area contributed by atoms with Gasteiger partial charge in [-0.15, -0.1) is 0 Å². The van der Waals surface area contributed by atoms with Crippen LogP contribution in [-0.4, -0.2) is 22.4 Å². The van der Waals surface area contributed by atoms with E-state index in [0.29, 0.717) is 16.0 Å². The highest BCUT2D eigenvalue weighted by Crippen LogP contribution is 2.40. The number of hydrogen-bond donors (Lipinski definition) is 2. The van der Waals surface area contributed by atoms with E-state index >= 15 is 0 Å². The normalized spacial score (nSPS) is 11.1. The molecular weight excluding hydrogens is 472 g/mol. The summed E-state index contributed by atoms with van der Waals surface area (Å²) in [6.07, 6.45) is 1.83. The maximum absolute atomic E-state index is 14.4. The molecule has 0 saturated carbocycles. The van der Waals surface area contributed by atoms with Crippen LogP contribution in [0.25, 0.3) is 22.2 Å². The molecule has 0 bridgehead atoms. The smallest absolute Gasteiger partial charge is 0.166 e. The van der Waals surface area contributed by atoms with Crippen LogP contribution in [0.3, 0.4) is 0 Å². The van der Waals surface area contributed by atoms with Gasteiger partial charge in [-0.05, 0) is 73.0 Å². The lowest BCUT2D eigenvalue weighted by Crippen LogP contribution is -1.96. The van der Waals surface area contributed by atoms with Crippen molar-refractivity contribution in [3.8, 4) is 22.6 Å². The molecule has 0 atom stereocenters.